The third-order valence-electron chi connectivity index (χ3n) is 4.47. The van der Waals surface area contributed by atoms with Gasteiger partial charge in [-0.15, -0.1) is 0 Å². The molecule has 1 atom stereocenters. The van der Waals surface area contributed by atoms with Gasteiger partial charge in [0.05, 0.1) is 0 Å². The van der Waals surface area contributed by atoms with Gasteiger partial charge in [0, 0.05) is 0 Å². The van der Waals surface area contributed by atoms with Crippen molar-refractivity contribution in [1.82, 2.24) is 0 Å². The normalized spacial score (nSPS) is 21.1. The first-order valence-corrected chi connectivity index (χ1v) is 9.56. The average molecular weight is 358 g/mol. The second-order valence-corrected chi connectivity index (χ2v) is 8.98. The molecule has 3 heteroatoms. The Hall–Kier alpha value is -0.297. The fourth-order valence-corrected chi connectivity index (χ4v) is 7.15. The van der Waals surface area contributed by atoms with E-state index in [1.54, 1.807) is 22.3 Å². The molecule has 20 heavy (non-hydrogen) atoms. The molecule has 0 bridgehead atoms. The molecule has 0 aromatic heterocycles. The molecule has 0 heterocycles. The van der Waals surface area contributed by atoms with Gasteiger partial charge in [0.15, 0.2) is 0 Å². The summed E-state index contributed by atoms with van der Waals surface area (Å²) < 4.78 is 3.67. The molecule has 0 saturated heterocycles. The van der Waals surface area contributed by atoms with Crippen LogP contribution in [-0.2, 0) is 23.2 Å². The summed E-state index contributed by atoms with van der Waals surface area (Å²) in [6.07, 6.45) is 8.60. The average Bonchev–Trinajstić information content (AvgIpc) is 2.86. The molecule has 1 unspecified atom stereocenters. The second kappa shape index (κ2) is 8.22. The van der Waals surface area contributed by atoms with E-state index in [4.69, 9.17) is 0 Å². The van der Waals surface area contributed by atoms with Gasteiger partial charge in [-0.05, 0) is 0 Å². The number of hydrogen-bond donors (Lipinski definition) is 0. The smallest absolute Gasteiger partial charge is 1.00 e. The van der Waals surface area contributed by atoms with Crippen molar-refractivity contribution in [2.75, 3.05) is 0 Å². The van der Waals surface area contributed by atoms with Crippen molar-refractivity contribution in [2.24, 2.45) is 5.92 Å². The van der Waals surface area contributed by atoms with E-state index in [1.807, 2.05) is 6.56 Å². The Balaban J connectivity index is 0.00000180. The number of rotatable bonds is 4. The van der Waals surface area contributed by atoms with Crippen molar-refractivity contribution in [3.8, 4) is 0 Å². The van der Waals surface area contributed by atoms with Gasteiger partial charge in [0.2, 0.25) is 0 Å². The summed E-state index contributed by atoms with van der Waals surface area (Å²) in [7, 11) is 0. The summed E-state index contributed by atoms with van der Waals surface area (Å²) in [5.74, 6) is 0.729. The van der Waals surface area contributed by atoms with E-state index >= 15 is 0 Å². The predicted octanol–water partition coefficient (Wildman–Crippen LogP) is -0.649. The fourth-order valence-electron chi connectivity index (χ4n) is 2.91. The maximum atomic E-state index is 2.41. The van der Waals surface area contributed by atoms with Crippen LogP contribution >= 0.6 is 0 Å². The maximum Gasteiger partial charge on any atom is -1.00 e. The Labute approximate surface area is 133 Å². The minimum atomic E-state index is -0.522. The molecule has 2 aliphatic carbocycles. The van der Waals surface area contributed by atoms with Gasteiger partial charge in [0.1, 0.15) is 0 Å². The molecule has 0 spiro atoms. The van der Waals surface area contributed by atoms with E-state index in [1.165, 1.54) is 19.3 Å². The van der Waals surface area contributed by atoms with Gasteiger partial charge < -0.3 is 9.41 Å². The summed E-state index contributed by atoms with van der Waals surface area (Å²) >= 11 is -0.522. The Kier molecular flexibility index (Phi) is 8.10. The molecule has 0 radical (unpaired) electrons. The van der Waals surface area contributed by atoms with Gasteiger partial charge in [0.25, 0.3) is 0 Å². The van der Waals surface area contributed by atoms with Crippen molar-refractivity contribution in [3.63, 3.8) is 0 Å². The summed E-state index contributed by atoms with van der Waals surface area (Å²) in [5.41, 5.74) is 6.50. The quantitative estimate of drug-likeness (QED) is 0.627. The number of allylic oxidation sites excluding steroid dienone is 8. The zero-order chi connectivity index (χ0) is 13.3. The summed E-state index contributed by atoms with van der Waals surface area (Å²) in [6.45, 7) is 11.7. The van der Waals surface area contributed by atoms with Crippen LogP contribution in [0.5, 0.6) is 0 Å². The molecule has 0 aromatic rings. The standard InChI is InChI=1S/C9H13.C8H11.2FH.Zr/c1-6-5-7(2)9(4)8(6)3;1-2-5-8-6-3-4-7-8;;;/h6H,1-4H3;3,6H,2,4-5H2,1H3;2*1H;/q;;;;+2/p-2. The van der Waals surface area contributed by atoms with E-state index in [0.717, 1.165) is 5.92 Å². The summed E-state index contributed by atoms with van der Waals surface area (Å²) in [4.78, 5) is 0. The monoisotopic (exact) mass is 356 g/mol. The van der Waals surface area contributed by atoms with Crippen molar-refractivity contribution in [3.05, 3.63) is 41.0 Å². The van der Waals surface area contributed by atoms with Crippen LogP contribution in [0.15, 0.2) is 41.0 Å². The molecule has 0 amide bonds. The van der Waals surface area contributed by atoms with Crippen molar-refractivity contribution in [2.45, 2.75) is 53.9 Å². The molecular weight excluding hydrogens is 333 g/mol. The van der Waals surface area contributed by atoms with Crippen molar-refractivity contribution in [1.29, 1.82) is 0 Å². The topological polar surface area (TPSA) is 0 Å². The number of halogens is 2. The summed E-state index contributed by atoms with van der Waals surface area (Å²) in [5, 5.41) is 0. The fraction of sp³-hybridized carbons (Fsp3) is 0.529. The van der Waals surface area contributed by atoms with Crippen LogP contribution < -0.4 is 9.41 Å². The van der Waals surface area contributed by atoms with Crippen LogP contribution in [0.3, 0.4) is 0 Å². The second-order valence-electron chi connectivity index (χ2n) is 5.55. The zero-order valence-electron chi connectivity index (χ0n) is 13.1. The van der Waals surface area contributed by atoms with Crippen LogP contribution in [0.1, 0.15) is 53.9 Å². The number of hydrogen-bond acceptors (Lipinski definition) is 0. The summed E-state index contributed by atoms with van der Waals surface area (Å²) in [6, 6.07) is 0. The predicted molar refractivity (Wildman–Crippen MR) is 75.9 cm³/mol. The Morgan fingerprint density at radius 1 is 1.15 bits per heavy atom. The molecule has 2 rings (SSSR count). The van der Waals surface area contributed by atoms with Crippen LogP contribution in [0, 0.1) is 5.92 Å². The Bertz CT molecular complexity index is 481. The molecule has 0 aromatic carbocycles. The van der Waals surface area contributed by atoms with Gasteiger partial charge in [-0.1, -0.05) is 0 Å². The molecule has 0 aliphatic heterocycles. The van der Waals surface area contributed by atoms with Crippen molar-refractivity contribution < 1.29 is 32.6 Å². The van der Waals surface area contributed by atoms with Crippen LogP contribution in [0.4, 0.5) is 0 Å². The van der Waals surface area contributed by atoms with Gasteiger partial charge in [-0.3, -0.25) is 0 Å². The molecule has 0 N–H and O–H groups in total. The Morgan fingerprint density at radius 2 is 1.80 bits per heavy atom. The SMILES string of the molecule is CCCC1=[C]([Zr+2][C]2=C(C)C(C)=C(C)C2C)CC=C1.[F-].[F-]. The molecule has 110 valence electrons. The first-order valence-electron chi connectivity index (χ1n) is 7.10. The van der Waals surface area contributed by atoms with Crippen molar-refractivity contribution >= 4 is 0 Å². The minimum absolute atomic E-state index is 0. The van der Waals surface area contributed by atoms with E-state index in [0.29, 0.717) is 0 Å². The van der Waals surface area contributed by atoms with Crippen LogP contribution in [-0.4, -0.2) is 0 Å². The molecule has 0 nitrogen and oxygen atoms in total. The molecular formula is C17H24F2Zr. The van der Waals surface area contributed by atoms with E-state index < -0.39 is 23.2 Å². The van der Waals surface area contributed by atoms with Gasteiger partial charge in [-0.25, -0.2) is 0 Å². The Morgan fingerprint density at radius 3 is 2.30 bits per heavy atom. The largest absolute Gasteiger partial charge is 1.00 e. The first-order chi connectivity index (χ1) is 8.56. The van der Waals surface area contributed by atoms with Gasteiger partial charge >= 0.3 is 124 Å². The minimum Gasteiger partial charge on any atom is -1.00 e. The molecule has 0 saturated carbocycles. The molecule has 2 aliphatic rings. The van der Waals surface area contributed by atoms with E-state index in [-0.39, 0.29) is 9.41 Å². The van der Waals surface area contributed by atoms with E-state index in [9.17, 15) is 0 Å². The van der Waals surface area contributed by atoms with Crippen LogP contribution in [0.25, 0.3) is 0 Å². The first kappa shape index (κ1) is 19.7. The molecule has 0 fully saturated rings. The maximum absolute atomic E-state index is 2.41. The zero-order valence-corrected chi connectivity index (χ0v) is 15.6. The van der Waals surface area contributed by atoms with Gasteiger partial charge in [-0.2, -0.15) is 0 Å². The van der Waals surface area contributed by atoms with E-state index in [2.05, 4.69) is 46.8 Å². The van der Waals surface area contributed by atoms with Crippen LogP contribution in [0.2, 0.25) is 0 Å². The third-order valence-corrected chi connectivity index (χ3v) is 9.16. The third kappa shape index (κ3) is 3.67.